The molecule has 0 saturated heterocycles. The van der Waals surface area contributed by atoms with Crippen molar-refractivity contribution >= 4 is 27.7 Å². The van der Waals surface area contributed by atoms with Crippen LogP contribution >= 0.6 is 27.7 Å². The van der Waals surface area contributed by atoms with Crippen LogP contribution in [0.25, 0.3) is 0 Å². The molecule has 0 N–H and O–H groups in total. The van der Waals surface area contributed by atoms with Gasteiger partial charge in [0.1, 0.15) is 6.26 Å². The molecule has 2 heterocycles. The van der Waals surface area contributed by atoms with Crippen LogP contribution in [0.1, 0.15) is 18.3 Å². The SMILES string of the molecule is CCc1nn(C)c(CSc2ncco2)c1Br. The minimum absolute atomic E-state index is 0.686. The van der Waals surface area contributed by atoms with E-state index in [1.165, 1.54) is 0 Å². The summed E-state index contributed by atoms with van der Waals surface area (Å²) >= 11 is 5.14. The van der Waals surface area contributed by atoms with E-state index < -0.39 is 0 Å². The maximum absolute atomic E-state index is 5.17. The molecular weight excluding hydrogens is 290 g/mol. The zero-order chi connectivity index (χ0) is 11.5. The molecule has 0 atom stereocenters. The maximum atomic E-state index is 5.17. The Bertz CT molecular complexity index is 467. The molecule has 86 valence electrons. The fourth-order valence-electron chi connectivity index (χ4n) is 1.39. The van der Waals surface area contributed by atoms with Crippen LogP contribution in [-0.2, 0) is 19.2 Å². The normalized spacial score (nSPS) is 10.9. The fourth-order valence-corrected chi connectivity index (χ4v) is 3.18. The maximum Gasteiger partial charge on any atom is 0.255 e. The van der Waals surface area contributed by atoms with E-state index in [1.807, 2.05) is 11.7 Å². The summed E-state index contributed by atoms with van der Waals surface area (Å²) in [5.41, 5.74) is 2.24. The van der Waals surface area contributed by atoms with Gasteiger partial charge in [0.05, 0.1) is 22.1 Å². The molecule has 0 aliphatic carbocycles. The summed E-state index contributed by atoms with van der Waals surface area (Å²) < 4.78 is 8.17. The van der Waals surface area contributed by atoms with E-state index in [-0.39, 0.29) is 0 Å². The molecule has 0 fully saturated rings. The molecule has 2 rings (SSSR count). The van der Waals surface area contributed by atoms with Gasteiger partial charge in [-0.2, -0.15) is 5.10 Å². The highest BCUT2D eigenvalue weighted by Gasteiger charge is 2.13. The summed E-state index contributed by atoms with van der Waals surface area (Å²) in [5.74, 6) is 0.796. The van der Waals surface area contributed by atoms with Crippen LogP contribution in [0.3, 0.4) is 0 Å². The van der Waals surface area contributed by atoms with Crippen LogP contribution < -0.4 is 0 Å². The first-order valence-electron chi connectivity index (χ1n) is 4.95. The van der Waals surface area contributed by atoms with Crippen molar-refractivity contribution in [1.29, 1.82) is 0 Å². The van der Waals surface area contributed by atoms with Crippen molar-refractivity contribution in [2.24, 2.45) is 7.05 Å². The number of nitrogens with zero attached hydrogens (tertiary/aromatic N) is 3. The quantitative estimate of drug-likeness (QED) is 0.814. The summed E-state index contributed by atoms with van der Waals surface area (Å²) in [6, 6.07) is 0. The highest BCUT2D eigenvalue weighted by atomic mass is 79.9. The van der Waals surface area contributed by atoms with Crippen molar-refractivity contribution in [3.05, 3.63) is 28.3 Å². The molecule has 0 aromatic carbocycles. The van der Waals surface area contributed by atoms with E-state index in [0.29, 0.717) is 5.22 Å². The van der Waals surface area contributed by atoms with Gasteiger partial charge >= 0.3 is 0 Å². The largest absolute Gasteiger partial charge is 0.440 e. The molecule has 2 aromatic heterocycles. The van der Waals surface area contributed by atoms with E-state index in [1.54, 1.807) is 24.2 Å². The van der Waals surface area contributed by atoms with Crippen molar-refractivity contribution in [3.63, 3.8) is 0 Å². The summed E-state index contributed by atoms with van der Waals surface area (Å²) in [5, 5.41) is 5.12. The van der Waals surface area contributed by atoms with Crippen LogP contribution in [0, 0.1) is 0 Å². The molecule has 6 heteroatoms. The first-order chi connectivity index (χ1) is 7.72. The number of aromatic nitrogens is 3. The minimum Gasteiger partial charge on any atom is -0.440 e. The Hall–Kier alpha value is -0.750. The van der Waals surface area contributed by atoms with Gasteiger partial charge in [-0.25, -0.2) is 4.98 Å². The van der Waals surface area contributed by atoms with Gasteiger partial charge in [0, 0.05) is 12.8 Å². The van der Waals surface area contributed by atoms with E-state index >= 15 is 0 Å². The number of aryl methyl sites for hydroxylation is 2. The van der Waals surface area contributed by atoms with Crippen molar-refractivity contribution in [3.8, 4) is 0 Å². The number of thioether (sulfide) groups is 1. The lowest BCUT2D eigenvalue weighted by Crippen LogP contribution is -1.96. The predicted molar refractivity (Wildman–Crippen MR) is 66.4 cm³/mol. The molecule has 0 bridgehead atoms. The molecule has 0 aliphatic rings. The van der Waals surface area contributed by atoms with Gasteiger partial charge in [0.15, 0.2) is 0 Å². The lowest BCUT2D eigenvalue weighted by Gasteiger charge is -1.99. The molecule has 2 aromatic rings. The van der Waals surface area contributed by atoms with Crippen molar-refractivity contribution in [1.82, 2.24) is 14.8 Å². The molecule has 4 nitrogen and oxygen atoms in total. The number of hydrogen-bond donors (Lipinski definition) is 0. The van der Waals surface area contributed by atoms with E-state index in [9.17, 15) is 0 Å². The second-order valence-electron chi connectivity index (χ2n) is 3.27. The Morgan fingerprint density at radius 3 is 2.94 bits per heavy atom. The standard InChI is InChI=1S/C10H12BrN3OS/c1-3-7-9(11)8(14(2)13-7)6-16-10-12-4-5-15-10/h4-5H,3,6H2,1-2H3. The first kappa shape index (κ1) is 11.7. The number of hydrogen-bond acceptors (Lipinski definition) is 4. The Kier molecular flexibility index (Phi) is 3.70. The summed E-state index contributed by atoms with van der Waals surface area (Å²) in [7, 11) is 1.95. The van der Waals surface area contributed by atoms with Crippen LogP contribution in [-0.4, -0.2) is 14.8 Å². The van der Waals surface area contributed by atoms with Gasteiger partial charge in [-0.3, -0.25) is 4.68 Å². The van der Waals surface area contributed by atoms with E-state index in [4.69, 9.17) is 4.42 Å². The van der Waals surface area contributed by atoms with Gasteiger partial charge in [-0.05, 0) is 22.4 Å². The molecule has 0 aliphatic heterocycles. The zero-order valence-electron chi connectivity index (χ0n) is 9.11. The molecule has 0 unspecified atom stereocenters. The smallest absolute Gasteiger partial charge is 0.255 e. The van der Waals surface area contributed by atoms with Gasteiger partial charge in [-0.15, -0.1) is 0 Å². The predicted octanol–water partition coefficient (Wildman–Crippen LogP) is 3.03. The van der Waals surface area contributed by atoms with Gasteiger partial charge in [0.25, 0.3) is 5.22 Å². The number of oxazole rings is 1. The second kappa shape index (κ2) is 5.05. The van der Waals surface area contributed by atoms with Crippen LogP contribution in [0.5, 0.6) is 0 Å². The lowest BCUT2D eigenvalue weighted by molar-refractivity contribution is 0.454. The molecule has 0 amide bonds. The van der Waals surface area contributed by atoms with Gasteiger partial charge < -0.3 is 4.42 Å². The van der Waals surface area contributed by atoms with Gasteiger partial charge in [0.2, 0.25) is 0 Å². The highest BCUT2D eigenvalue weighted by Crippen LogP contribution is 2.28. The molecule has 0 spiro atoms. The number of rotatable bonds is 4. The van der Waals surface area contributed by atoms with Crippen molar-refractivity contribution in [2.75, 3.05) is 0 Å². The van der Waals surface area contributed by atoms with E-state index in [0.717, 1.165) is 28.0 Å². The molecule has 0 saturated carbocycles. The lowest BCUT2D eigenvalue weighted by atomic mass is 10.3. The summed E-state index contributed by atoms with van der Waals surface area (Å²) in [6.45, 7) is 2.10. The first-order valence-corrected chi connectivity index (χ1v) is 6.72. The zero-order valence-corrected chi connectivity index (χ0v) is 11.5. The van der Waals surface area contributed by atoms with E-state index in [2.05, 4.69) is 32.9 Å². The van der Waals surface area contributed by atoms with Crippen LogP contribution in [0.2, 0.25) is 0 Å². The van der Waals surface area contributed by atoms with Crippen LogP contribution in [0.4, 0.5) is 0 Å². The third kappa shape index (κ3) is 2.32. The van der Waals surface area contributed by atoms with Crippen molar-refractivity contribution in [2.45, 2.75) is 24.3 Å². The Balaban J connectivity index is 2.12. The van der Waals surface area contributed by atoms with Crippen LogP contribution in [0.15, 0.2) is 26.6 Å². The average molecular weight is 302 g/mol. The Labute approximate surface area is 107 Å². The Morgan fingerprint density at radius 2 is 2.38 bits per heavy atom. The third-order valence-electron chi connectivity index (χ3n) is 2.24. The fraction of sp³-hybridized carbons (Fsp3) is 0.400. The number of halogens is 1. The molecule has 16 heavy (non-hydrogen) atoms. The second-order valence-corrected chi connectivity index (χ2v) is 4.99. The third-order valence-corrected chi connectivity index (χ3v) is 4.03. The minimum atomic E-state index is 0.686. The molecular formula is C10H12BrN3OS. The van der Waals surface area contributed by atoms with Gasteiger partial charge in [-0.1, -0.05) is 18.7 Å². The summed E-state index contributed by atoms with van der Waals surface area (Å²) in [6.07, 6.45) is 4.16. The Morgan fingerprint density at radius 1 is 1.56 bits per heavy atom. The highest BCUT2D eigenvalue weighted by molar-refractivity contribution is 9.10. The monoisotopic (exact) mass is 301 g/mol. The van der Waals surface area contributed by atoms with Crippen molar-refractivity contribution < 1.29 is 4.42 Å². The topological polar surface area (TPSA) is 43.9 Å². The average Bonchev–Trinajstić information content (AvgIpc) is 2.86. The summed E-state index contributed by atoms with van der Waals surface area (Å²) in [4.78, 5) is 4.07. The molecule has 0 radical (unpaired) electrons.